The average molecular weight is 287 g/mol. The number of carbonyl (C=O) groups excluding carboxylic acids is 2. The van der Waals surface area contributed by atoms with Crippen molar-refractivity contribution in [2.45, 2.75) is 17.7 Å². The fourth-order valence-corrected chi connectivity index (χ4v) is 1.78. The summed E-state index contributed by atoms with van der Waals surface area (Å²) in [5.41, 5.74) is 11.8. The summed E-state index contributed by atoms with van der Waals surface area (Å²) in [7, 11) is 0. The van der Waals surface area contributed by atoms with Crippen LogP contribution in [0.1, 0.15) is 6.42 Å². The van der Waals surface area contributed by atoms with Crippen LogP contribution >= 0.6 is 11.8 Å². The number of hydrogen-bond acceptors (Lipinski definition) is 7. The molecular formula is C9H13N5O4S. The molecule has 2 atom stereocenters. The number of nitrogens with zero attached hydrogens (tertiary/aromatic N) is 2. The molecule has 0 fully saturated rings. The van der Waals surface area contributed by atoms with Crippen LogP contribution in [0.25, 0.3) is 0 Å². The number of carboxylic acids is 1. The SMILES string of the molecule is N#C[C@H](CC(=O)/C=N\NC(N)=O)SC[C@H](N)C(=O)O. The molecule has 10 heteroatoms. The van der Waals surface area contributed by atoms with Crippen molar-refractivity contribution >= 4 is 35.8 Å². The van der Waals surface area contributed by atoms with Gasteiger partial charge in [-0.3, -0.25) is 9.59 Å². The topological polar surface area (TPSA) is 172 Å². The van der Waals surface area contributed by atoms with Gasteiger partial charge in [-0.25, -0.2) is 10.2 Å². The lowest BCUT2D eigenvalue weighted by molar-refractivity contribution is -0.137. The number of hydrogen-bond donors (Lipinski definition) is 4. The van der Waals surface area contributed by atoms with Crippen molar-refractivity contribution in [2.75, 3.05) is 5.75 Å². The zero-order valence-electron chi connectivity index (χ0n) is 9.78. The number of nitrogens with two attached hydrogens (primary N) is 2. The van der Waals surface area contributed by atoms with Crippen molar-refractivity contribution in [1.29, 1.82) is 5.26 Å². The molecule has 0 heterocycles. The zero-order chi connectivity index (χ0) is 14.8. The molecule has 0 saturated carbocycles. The molecule has 0 saturated heterocycles. The molecule has 2 amide bonds. The van der Waals surface area contributed by atoms with Crippen LogP contribution in [0.15, 0.2) is 5.10 Å². The van der Waals surface area contributed by atoms with E-state index < -0.39 is 29.1 Å². The average Bonchev–Trinajstić information content (AvgIpc) is 2.33. The molecule has 6 N–H and O–H groups in total. The number of thioether (sulfide) groups is 1. The minimum absolute atomic E-state index is 0.0114. The predicted molar refractivity (Wildman–Crippen MR) is 68.3 cm³/mol. The van der Waals surface area contributed by atoms with Gasteiger partial charge in [-0.05, 0) is 0 Å². The van der Waals surface area contributed by atoms with Gasteiger partial charge in [-0.2, -0.15) is 10.4 Å². The number of ketones is 1. The molecule has 19 heavy (non-hydrogen) atoms. The summed E-state index contributed by atoms with van der Waals surface area (Å²) in [5, 5.41) is 19.9. The monoisotopic (exact) mass is 287 g/mol. The van der Waals surface area contributed by atoms with Gasteiger partial charge >= 0.3 is 12.0 Å². The molecule has 104 valence electrons. The maximum Gasteiger partial charge on any atom is 0.332 e. The summed E-state index contributed by atoms with van der Waals surface area (Å²) in [5.74, 6) is -1.67. The molecule has 0 spiro atoms. The Hall–Kier alpha value is -2.12. The van der Waals surface area contributed by atoms with E-state index in [-0.39, 0.29) is 12.2 Å². The van der Waals surface area contributed by atoms with Crippen molar-refractivity contribution in [1.82, 2.24) is 5.43 Å². The third-order valence-corrected chi connectivity index (χ3v) is 2.93. The summed E-state index contributed by atoms with van der Waals surface area (Å²) in [6.07, 6.45) is 0.657. The van der Waals surface area contributed by atoms with Crippen molar-refractivity contribution in [3.05, 3.63) is 0 Å². The Morgan fingerprint density at radius 2 is 2.16 bits per heavy atom. The molecular weight excluding hydrogens is 274 g/mol. The van der Waals surface area contributed by atoms with Crippen LogP contribution < -0.4 is 16.9 Å². The Labute approximate surface area is 113 Å². The molecule has 0 bridgehead atoms. The largest absolute Gasteiger partial charge is 0.480 e. The van der Waals surface area contributed by atoms with E-state index in [2.05, 4.69) is 5.10 Å². The van der Waals surface area contributed by atoms with Crippen molar-refractivity contribution in [3.8, 4) is 6.07 Å². The summed E-state index contributed by atoms with van der Waals surface area (Å²) >= 11 is 0.965. The number of amides is 2. The third kappa shape index (κ3) is 8.58. The molecule has 0 aliphatic carbocycles. The third-order valence-electron chi connectivity index (χ3n) is 1.71. The van der Waals surface area contributed by atoms with E-state index in [9.17, 15) is 14.4 Å². The van der Waals surface area contributed by atoms with E-state index in [0.29, 0.717) is 0 Å². The quantitative estimate of drug-likeness (QED) is 0.315. The molecule has 9 nitrogen and oxygen atoms in total. The van der Waals surface area contributed by atoms with E-state index in [1.807, 2.05) is 11.5 Å². The number of hydrazone groups is 1. The number of carbonyl (C=O) groups is 3. The van der Waals surface area contributed by atoms with Crippen LogP contribution in [0, 0.1) is 11.3 Å². The molecule has 0 aliphatic rings. The number of nitrogens with one attached hydrogen (secondary N) is 1. The van der Waals surface area contributed by atoms with E-state index in [4.69, 9.17) is 21.8 Å². The maximum atomic E-state index is 11.3. The number of aliphatic carboxylic acids is 1. The van der Waals surface area contributed by atoms with E-state index in [1.54, 1.807) is 0 Å². The van der Waals surface area contributed by atoms with Gasteiger partial charge in [0.1, 0.15) is 6.04 Å². The summed E-state index contributed by atoms with van der Waals surface area (Å²) in [6, 6.07) is -0.164. The first-order valence-electron chi connectivity index (χ1n) is 4.97. The lowest BCUT2D eigenvalue weighted by Gasteiger charge is -2.09. The Morgan fingerprint density at radius 3 is 2.63 bits per heavy atom. The lowest BCUT2D eigenvalue weighted by Crippen LogP contribution is -2.33. The maximum absolute atomic E-state index is 11.3. The smallest absolute Gasteiger partial charge is 0.332 e. The molecule has 0 aromatic heterocycles. The van der Waals surface area contributed by atoms with Gasteiger partial charge in [-0.15, -0.1) is 11.8 Å². The standard InChI is InChI=1S/C9H13N5O4S/c10-2-6(19-4-7(11)8(16)17)1-5(15)3-13-14-9(12)18/h3,6-7H,1,4,11H2,(H,16,17)(H3,12,14,18)/b13-3-/t6-,7-/m0/s1. The van der Waals surface area contributed by atoms with E-state index in [0.717, 1.165) is 18.0 Å². The molecule has 0 radical (unpaired) electrons. The first kappa shape index (κ1) is 16.9. The highest BCUT2D eigenvalue weighted by Crippen LogP contribution is 2.14. The minimum Gasteiger partial charge on any atom is -0.480 e. The van der Waals surface area contributed by atoms with Crippen LogP contribution in [-0.2, 0) is 9.59 Å². The summed E-state index contributed by atoms with van der Waals surface area (Å²) in [4.78, 5) is 32.0. The highest BCUT2D eigenvalue weighted by Gasteiger charge is 2.17. The van der Waals surface area contributed by atoms with Gasteiger partial charge in [0.2, 0.25) is 0 Å². The first-order valence-corrected chi connectivity index (χ1v) is 6.02. The molecule has 0 aliphatic heterocycles. The van der Waals surface area contributed by atoms with Crippen LogP contribution in [0.4, 0.5) is 4.79 Å². The Kier molecular flexibility index (Phi) is 7.90. The molecule has 0 rings (SSSR count). The van der Waals surface area contributed by atoms with Gasteiger partial charge in [-0.1, -0.05) is 0 Å². The van der Waals surface area contributed by atoms with Crippen LogP contribution in [0.3, 0.4) is 0 Å². The molecule has 0 aromatic rings. The first-order chi connectivity index (χ1) is 8.86. The summed E-state index contributed by atoms with van der Waals surface area (Å²) in [6.45, 7) is 0. The number of nitriles is 1. The zero-order valence-corrected chi connectivity index (χ0v) is 10.6. The number of urea groups is 1. The van der Waals surface area contributed by atoms with Gasteiger partial charge in [0.25, 0.3) is 0 Å². The van der Waals surface area contributed by atoms with Gasteiger partial charge in [0.15, 0.2) is 5.78 Å². The molecule has 0 unspecified atom stereocenters. The van der Waals surface area contributed by atoms with Crippen LogP contribution in [0.2, 0.25) is 0 Å². The van der Waals surface area contributed by atoms with Crippen molar-refractivity contribution in [2.24, 2.45) is 16.6 Å². The Balaban J connectivity index is 4.16. The van der Waals surface area contributed by atoms with Crippen molar-refractivity contribution in [3.63, 3.8) is 0 Å². The second-order valence-electron chi connectivity index (χ2n) is 3.30. The van der Waals surface area contributed by atoms with Gasteiger partial charge < -0.3 is 16.6 Å². The van der Waals surface area contributed by atoms with Crippen LogP contribution in [0.5, 0.6) is 0 Å². The lowest BCUT2D eigenvalue weighted by atomic mass is 10.2. The number of Topliss-reactive ketones (excluding diaryl/α,β-unsaturated/α-hetero) is 1. The Morgan fingerprint density at radius 1 is 1.53 bits per heavy atom. The summed E-state index contributed by atoms with van der Waals surface area (Å²) < 4.78 is 0. The fraction of sp³-hybridized carbons (Fsp3) is 0.444. The second-order valence-corrected chi connectivity index (χ2v) is 4.54. The van der Waals surface area contributed by atoms with E-state index >= 15 is 0 Å². The highest BCUT2D eigenvalue weighted by molar-refractivity contribution is 8.00. The van der Waals surface area contributed by atoms with E-state index in [1.165, 1.54) is 0 Å². The van der Waals surface area contributed by atoms with Crippen molar-refractivity contribution < 1.29 is 19.5 Å². The Bertz CT molecular complexity index is 419. The minimum atomic E-state index is -1.18. The number of primary amides is 1. The highest BCUT2D eigenvalue weighted by atomic mass is 32.2. The fourth-order valence-electron chi connectivity index (χ4n) is 0.836. The second kappa shape index (κ2) is 8.90. The van der Waals surface area contributed by atoms with Gasteiger partial charge in [0, 0.05) is 12.2 Å². The normalized spacial score (nSPS) is 13.5. The van der Waals surface area contributed by atoms with Crippen LogP contribution in [-0.4, -0.2) is 46.1 Å². The molecule has 0 aromatic carbocycles. The number of rotatable bonds is 8. The number of carboxylic acid groups (broad SMARTS) is 1. The van der Waals surface area contributed by atoms with Gasteiger partial charge in [0.05, 0.1) is 17.5 Å². The predicted octanol–water partition coefficient (Wildman–Crippen LogP) is -1.36.